The molecule has 0 saturated carbocycles. The number of nitrogen functional groups attached to an aromatic ring is 1. The van der Waals surface area contributed by atoms with E-state index in [4.69, 9.17) is 17.3 Å². The largest absolute Gasteiger partial charge is 0.398 e. The van der Waals surface area contributed by atoms with Crippen molar-refractivity contribution in [3.8, 4) is 0 Å². The van der Waals surface area contributed by atoms with Crippen molar-refractivity contribution in [3.05, 3.63) is 26.1 Å². The van der Waals surface area contributed by atoms with Crippen LogP contribution in [-0.2, 0) is 0 Å². The molecule has 10 heavy (non-hydrogen) atoms. The van der Waals surface area contributed by atoms with Crippen LogP contribution in [0.25, 0.3) is 0 Å². The summed E-state index contributed by atoms with van der Waals surface area (Å²) in [7, 11) is 0. The summed E-state index contributed by atoms with van der Waals surface area (Å²) in [6, 6.07) is 3.59. The number of anilines is 1. The minimum atomic E-state index is 0.611. The van der Waals surface area contributed by atoms with Gasteiger partial charge in [-0.25, -0.2) is 0 Å². The van der Waals surface area contributed by atoms with Crippen LogP contribution in [0.15, 0.2) is 21.1 Å². The fourth-order valence-electron chi connectivity index (χ4n) is 0.541. The monoisotopic (exact) mass is 283 g/mol. The third-order valence-corrected chi connectivity index (χ3v) is 3.43. The highest BCUT2D eigenvalue weighted by atomic mass is 79.9. The topological polar surface area (TPSA) is 26.0 Å². The second-order valence-corrected chi connectivity index (χ2v) is 3.79. The normalized spacial score (nSPS) is 9.90. The van der Waals surface area contributed by atoms with Gasteiger partial charge in [0.15, 0.2) is 0 Å². The van der Waals surface area contributed by atoms with Crippen molar-refractivity contribution < 1.29 is 0 Å². The molecule has 0 unspecified atom stereocenters. The van der Waals surface area contributed by atoms with Crippen LogP contribution in [0.2, 0.25) is 5.02 Å². The van der Waals surface area contributed by atoms with Crippen LogP contribution in [0.1, 0.15) is 0 Å². The standard InChI is InChI=1S/C6H4Br2ClN/c7-3-1-2-4(10)5(8)6(3)9/h1-2H,10H2. The second-order valence-electron chi connectivity index (χ2n) is 1.76. The lowest BCUT2D eigenvalue weighted by Gasteiger charge is -2.01. The Morgan fingerprint density at radius 1 is 1.30 bits per heavy atom. The van der Waals surface area contributed by atoms with Crippen molar-refractivity contribution in [1.82, 2.24) is 0 Å². The number of halogens is 3. The first kappa shape index (κ1) is 8.37. The molecule has 1 rings (SSSR count). The molecule has 0 fully saturated rings. The third-order valence-electron chi connectivity index (χ3n) is 1.07. The highest BCUT2D eigenvalue weighted by Gasteiger charge is 2.03. The summed E-state index contributed by atoms with van der Waals surface area (Å²) in [5.74, 6) is 0. The molecule has 0 aliphatic rings. The van der Waals surface area contributed by atoms with Crippen molar-refractivity contribution in [2.45, 2.75) is 0 Å². The summed E-state index contributed by atoms with van der Waals surface area (Å²) >= 11 is 12.3. The van der Waals surface area contributed by atoms with Crippen LogP contribution >= 0.6 is 43.5 Å². The average molecular weight is 285 g/mol. The Hall–Kier alpha value is 0.270. The van der Waals surface area contributed by atoms with Gasteiger partial charge in [0.2, 0.25) is 0 Å². The lowest BCUT2D eigenvalue weighted by atomic mass is 10.3. The van der Waals surface area contributed by atoms with Crippen LogP contribution in [0.5, 0.6) is 0 Å². The molecule has 0 radical (unpaired) electrons. The van der Waals surface area contributed by atoms with E-state index in [9.17, 15) is 0 Å². The number of hydrogen-bond acceptors (Lipinski definition) is 1. The van der Waals surface area contributed by atoms with Gasteiger partial charge in [0.1, 0.15) is 0 Å². The van der Waals surface area contributed by atoms with Gasteiger partial charge in [-0.2, -0.15) is 0 Å². The summed E-state index contributed by atoms with van der Waals surface area (Å²) in [4.78, 5) is 0. The van der Waals surface area contributed by atoms with Crippen LogP contribution in [0, 0.1) is 0 Å². The minimum absolute atomic E-state index is 0.611. The fraction of sp³-hybridized carbons (Fsp3) is 0. The number of hydrogen-bond donors (Lipinski definition) is 1. The first-order valence-corrected chi connectivity index (χ1v) is 4.48. The van der Waals surface area contributed by atoms with E-state index >= 15 is 0 Å². The summed E-state index contributed by atoms with van der Waals surface area (Å²) in [5, 5.41) is 0.611. The van der Waals surface area contributed by atoms with Gasteiger partial charge in [0.25, 0.3) is 0 Å². The minimum Gasteiger partial charge on any atom is -0.398 e. The van der Waals surface area contributed by atoms with Gasteiger partial charge >= 0.3 is 0 Å². The maximum atomic E-state index is 5.81. The highest BCUT2D eigenvalue weighted by Crippen LogP contribution is 2.34. The maximum Gasteiger partial charge on any atom is 0.0710 e. The Balaban J connectivity index is 3.34. The summed E-state index contributed by atoms with van der Waals surface area (Å²) in [6.07, 6.45) is 0. The third kappa shape index (κ3) is 1.47. The zero-order valence-electron chi connectivity index (χ0n) is 4.87. The van der Waals surface area contributed by atoms with Crippen molar-refractivity contribution in [2.75, 3.05) is 5.73 Å². The Morgan fingerprint density at radius 3 is 2.40 bits per heavy atom. The van der Waals surface area contributed by atoms with Gasteiger partial charge in [-0.05, 0) is 44.0 Å². The molecule has 0 aromatic heterocycles. The van der Waals surface area contributed by atoms with Gasteiger partial charge < -0.3 is 5.73 Å². The molecule has 2 N–H and O–H groups in total. The zero-order chi connectivity index (χ0) is 7.72. The molecule has 1 aromatic carbocycles. The van der Waals surface area contributed by atoms with Crippen LogP contribution in [0.4, 0.5) is 5.69 Å². The molecule has 1 aromatic rings. The fourth-order valence-corrected chi connectivity index (χ4v) is 1.66. The maximum absolute atomic E-state index is 5.81. The summed E-state index contributed by atoms with van der Waals surface area (Å²) in [5.41, 5.74) is 6.18. The van der Waals surface area contributed by atoms with E-state index in [1.165, 1.54) is 0 Å². The van der Waals surface area contributed by atoms with E-state index in [-0.39, 0.29) is 0 Å². The predicted octanol–water partition coefficient (Wildman–Crippen LogP) is 3.45. The number of nitrogens with two attached hydrogens (primary N) is 1. The molecule has 0 saturated heterocycles. The Kier molecular flexibility index (Phi) is 2.61. The van der Waals surface area contributed by atoms with Crippen molar-refractivity contribution >= 4 is 49.1 Å². The zero-order valence-corrected chi connectivity index (χ0v) is 8.79. The average Bonchev–Trinajstić information content (AvgIpc) is 1.93. The lowest BCUT2D eigenvalue weighted by molar-refractivity contribution is 1.59. The van der Waals surface area contributed by atoms with Crippen molar-refractivity contribution in [2.24, 2.45) is 0 Å². The van der Waals surface area contributed by atoms with Gasteiger partial charge in [-0.3, -0.25) is 0 Å². The lowest BCUT2D eigenvalue weighted by Crippen LogP contribution is -1.86. The SMILES string of the molecule is Nc1ccc(Br)c(Cl)c1Br. The quantitative estimate of drug-likeness (QED) is 0.573. The van der Waals surface area contributed by atoms with Gasteiger partial charge in [-0.1, -0.05) is 11.6 Å². The first-order chi connectivity index (χ1) is 4.63. The smallest absolute Gasteiger partial charge is 0.0710 e. The molecule has 0 aliphatic carbocycles. The number of benzene rings is 1. The molecule has 54 valence electrons. The first-order valence-electron chi connectivity index (χ1n) is 2.52. The van der Waals surface area contributed by atoms with Gasteiger partial charge in [0, 0.05) is 10.2 Å². The molecule has 0 aliphatic heterocycles. The predicted molar refractivity (Wildman–Crippen MR) is 51.3 cm³/mol. The van der Waals surface area contributed by atoms with E-state index in [1.807, 2.05) is 6.07 Å². The molecular weight excluding hydrogens is 281 g/mol. The summed E-state index contributed by atoms with van der Waals surface area (Å²) < 4.78 is 1.58. The Bertz CT molecular complexity index is 235. The molecule has 4 heteroatoms. The Morgan fingerprint density at radius 2 is 1.90 bits per heavy atom. The number of rotatable bonds is 0. The molecule has 0 amide bonds. The van der Waals surface area contributed by atoms with Crippen LogP contribution in [0.3, 0.4) is 0 Å². The van der Waals surface area contributed by atoms with Crippen LogP contribution in [-0.4, -0.2) is 0 Å². The molecule has 0 heterocycles. The van der Waals surface area contributed by atoms with Crippen molar-refractivity contribution in [3.63, 3.8) is 0 Å². The van der Waals surface area contributed by atoms with Gasteiger partial charge in [-0.15, -0.1) is 0 Å². The second kappa shape index (κ2) is 3.11. The molecule has 0 bridgehead atoms. The highest BCUT2D eigenvalue weighted by molar-refractivity contribution is 9.11. The van der Waals surface area contributed by atoms with E-state index in [2.05, 4.69) is 31.9 Å². The van der Waals surface area contributed by atoms with E-state index < -0.39 is 0 Å². The molecule has 1 nitrogen and oxygen atoms in total. The molecular formula is C6H4Br2ClN. The van der Waals surface area contributed by atoms with E-state index in [1.54, 1.807) is 6.07 Å². The summed E-state index contributed by atoms with van der Waals surface area (Å²) in [6.45, 7) is 0. The molecule has 0 atom stereocenters. The van der Waals surface area contributed by atoms with Gasteiger partial charge in [0.05, 0.1) is 9.50 Å². The van der Waals surface area contributed by atoms with Crippen LogP contribution < -0.4 is 5.73 Å². The van der Waals surface area contributed by atoms with E-state index in [0.717, 1.165) is 8.95 Å². The van der Waals surface area contributed by atoms with Crippen molar-refractivity contribution in [1.29, 1.82) is 0 Å². The Labute approximate surface area is 80.8 Å². The van der Waals surface area contributed by atoms with E-state index in [0.29, 0.717) is 10.7 Å². The molecule has 0 spiro atoms.